The minimum absolute atomic E-state index is 0.0669. The van der Waals surface area contributed by atoms with Gasteiger partial charge in [0.1, 0.15) is 6.10 Å². The zero-order valence-corrected chi connectivity index (χ0v) is 19.3. The molecule has 2 aliphatic carbocycles. The maximum atomic E-state index is 12.9. The van der Waals surface area contributed by atoms with Gasteiger partial charge in [-0.1, -0.05) is 62.3 Å². The molecule has 0 unspecified atom stereocenters. The van der Waals surface area contributed by atoms with Crippen LogP contribution in [0.2, 0.25) is 0 Å². The second kappa shape index (κ2) is 9.70. The lowest BCUT2D eigenvalue weighted by Gasteiger charge is -2.60. The van der Waals surface area contributed by atoms with Crippen molar-refractivity contribution in [2.24, 2.45) is 22.7 Å². The first-order chi connectivity index (χ1) is 14.7. The van der Waals surface area contributed by atoms with E-state index in [-0.39, 0.29) is 42.0 Å². The first-order valence-electron chi connectivity index (χ1n) is 11.6. The lowest BCUT2D eigenvalue weighted by molar-refractivity contribution is -0.145. The number of hydrogen-bond acceptors (Lipinski definition) is 4. The van der Waals surface area contributed by atoms with Gasteiger partial charge in [0.2, 0.25) is 0 Å². The number of allylic oxidation sites excluding steroid dienone is 1. The van der Waals surface area contributed by atoms with Gasteiger partial charge in [-0.05, 0) is 61.5 Å². The maximum absolute atomic E-state index is 12.9. The van der Waals surface area contributed by atoms with Crippen LogP contribution in [0.1, 0.15) is 69.7 Å². The van der Waals surface area contributed by atoms with E-state index < -0.39 is 0 Å². The molecule has 1 aromatic rings. The van der Waals surface area contributed by atoms with Gasteiger partial charge in [-0.3, -0.25) is 0 Å². The highest BCUT2D eigenvalue weighted by atomic mass is 16.5. The number of carbonyl (C=O) groups is 1. The van der Waals surface area contributed by atoms with E-state index in [1.54, 1.807) is 12.1 Å². The molecular formula is C27H38O4. The molecule has 170 valence electrons. The van der Waals surface area contributed by atoms with Gasteiger partial charge in [0.05, 0.1) is 12.2 Å². The molecule has 4 heteroatoms. The Kier molecular flexibility index (Phi) is 7.43. The lowest BCUT2D eigenvalue weighted by atomic mass is 9.46. The Morgan fingerprint density at radius 3 is 2.58 bits per heavy atom. The summed E-state index contributed by atoms with van der Waals surface area (Å²) in [6.07, 6.45) is 7.14. The highest BCUT2D eigenvalue weighted by molar-refractivity contribution is 5.89. The quantitative estimate of drug-likeness (QED) is 0.458. The van der Waals surface area contributed by atoms with Crippen molar-refractivity contribution < 1.29 is 19.7 Å². The fourth-order valence-electron chi connectivity index (χ4n) is 6.46. The number of benzene rings is 1. The van der Waals surface area contributed by atoms with Gasteiger partial charge < -0.3 is 14.9 Å². The van der Waals surface area contributed by atoms with Crippen LogP contribution in [-0.4, -0.2) is 35.5 Å². The Balaban J connectivity index is 1.91. The van der Waals surface area contributed by atoms with Gasteiger partial charge in [-0.25, -0.2) is 4.79 Å². The van der Waals surface area contributed by atoms with Crippen LogP contribution in [0.15, 0.2) is 54.1 Å². The van der Waals surface area contributed by atoms with Crippen molar-refractivity contribution in [1.82, 2.24) is 0 Å². The highest BCUT2D eigenvalue weighted by Crippen LogP contribution is 2.62. The van der Waals surface area contributed by atoms with Crippen molar-refractivity contribution >= 4 is 5.97 Å². The van der Waals surface area contributed by atoms with Crippen LogP contribution in [0.4, 0.5) is 0 Å². The zero-order chi connectivity index (χ0) is 22.6. The number of esters is 1. The molecule has 3 rings (SSSR count). The summed E-state index contributed by atoms with van der Waals surface area (Å²) in [5.74, 6) is 0.0771. The summed E-state index contributed by atoms with van der Waals surface area (Å²) in [4.78, 5) is 12.9. The van der Waals surface area contributed by atoms with Crippen LogP contribution < -0.4 is 0 Å². The fourth-order valence-corrected chi connectivity index (χ4v) is 6.46. The van der Waals surface area contributed by atoms with Crippen molar-refractivity contribution in [1.29, 1.82) is 0 Å². The number of rotatable bonds is 7. The van der Waals surface area contributed by atoms with Crippen LogP contribution in [0.25, 0.3) is 0 Å². The van der Waals surface area contributed by atoms with Gasteiger partial charge >= 0.3 is 5.97 Å². The van der Waals surface area contributed by atoms with E-state index in [0.29, 0.717) is 17.9 Å². The predicted molar refractivity (Wildman–Crippen MR) is 124 cm³/mol. The average molecular weight is 427 g/mol. The standard InChI is InChI=1S/C27H38O4/c1-19(13-16-28)11-12-22-20(2)17-23(31-25(30)21-9-6-5-7-10-21)24-26(3,18-29)14-8-15-27(22,24)4/h5-7,9-10,13,22-24,28-29H,2,8,11-12,14-18H2,1,3-4H3/b19-13+/t22-,23-,24+,26+,27-/m1/s1. The third-order valence-electron chi connectivity index (χ3n) is 7.94. The van der Waals surface area contributed by atoms with E-state index in [0.717, 1.165) is 37.7 Å². The number of aliphatic hydroxyl groups is 2. The lowest BCUT2D eigenvalue weighted by Crippen LogP contribution is -2.58. The fraction of sp³-hybridized carbons (Fsp3) is 0.593. The zero-order valence-electron chi connectivity index (χ0n) is 19.3. The molecule has 0 heterocycles. The smallest absolute Gasteiger partial charge is 0.338 e. The third kappa shape index (κ3) is 4.80. The Morgan fingerprint density at radius 2 is 1.94 bits per heavy atom. The summed E-state index contributed by atoms with van der Waals surface area (Å²) >= 11 is 0. The summed E-state index contributed by atoms with van der Waals surface area (Å²) < 4.78 is 6.14. The number of hydrogen-bond donors (Lipinski definition) is 2. The molecule has 4 nitrogen and oxygen atoms in total. The SMILES string of the molecule is C=C1C[C@@H](OC(=O)c2ccccc2)[C@H]2[C@](C)(CO)CCC[C@]2(C)[C@@H]1CC/C(C)=C/CO. The first kappa shape index (κ1) is 23.7. The van der Waals surface area contributed by atoms with Gasteiger partial charge in [-0.15, -0.1) is 0 Å². The van der Waals surface area contributed by atoms with E-state index in [1.165, 1.54) is 5.57 Å². The van der Waals surface area contributed by atoms with Crippen molar-refractivity contribution in [3.05, 3.63) is 59.7 Å². The van der Waals surface area contributed by atoms with Crippen LogP contribution in [-0.2, 0) is 4.74 Å². The number of ether oxygens (including phenoxy) is 1. The van der Waals surface area contributed by atoms with E-state index in [2.05, 4.69) is 27.4 Å². The Labute approximate surface area is 187 Å². The second-order valence-corrected chi connectivity index (χ2v) is 10.1. The van der Waals surface area contributed by atoms with Gasteiger partial charge in [0.15, 0.2) is 0 Å². The summed E-state index contributed by atoms with van der Waals surface area (Å²) in [6.45, 7) is 11.1. The predicted octanol–water partition coefficient (Wildman–Crippen LogP) is 5.31. The minimum atomic E-state index is -0.299. The van der Waals surface area contributed by atoms with Crippen molar-refractivity contribution in [2.45, 2.75) is 65.4 Å². The highest BCUT2D eigenvalue weighted by Gasteiger charge is 2.59. The van der Waals surface area contributed by atoms with E-state index >= 15 is 0 Å². The average Bonchev–Trinajstić information content (AvgIpc) is 2.73. The van der Waals surface area contributed by atoms with Crippen molar-refractivity contribution in [3.63, 3.8) is 0 Å². The number of carbonyl (C=O) groups excluding carboxylic acids is 1. The molecule has 0 amide bonds. The van der Waals surface area contributed by atoms with Gasteiger partial charge in [0, 0.05) is 18.9 Å². The molecule has 0 bridgehead atoms. The molecule has 0 aliphatic heterocycles. The largest absolute Gasteiger partial charge is 0.458 e. The molecule has 2 aliphatic rings. The number of fused-ring (bicyclic) bond motifs is 1. The molecule has 0 aromatic heterocycles. The van der Waals surface area contributed by atoms with Crippen LogP contribution >= 0.6 is 0 Å². The Bertz CT molecular complexity index is 814. The van der Waals surface area contributed by atoms with Crippen molar-refractivity contribution in [2.75, 3.05) is 13.2 Å². The maximum Gasteiger partial charge on any atom is 0.338 e. The minimum Gasteiger partial charge on any atom is -0.458 e. The molecule has 2 N–H and O–H groups in total. The summed E-state index contributed by atoms with van der Waals surface area (Å²) in [5.41, 5.74) is 2.51. The molecule has 0 spiro atoms. The molecule has 2 saturated carbocycles. The Hall–Kier alpha value is -1.91. The topological polar surface area (TPSA) is 66.8 Å². The summed E-state index contributed by atoms with van der Waals surface area (Å²) in [7, 11) is 0. The van der Waals surface area contributed by atoms with Gasteiger partial charge in [-0.2, -0.15) is 0 Å². The summed E-state index contributed by atoms with van der Waals surface area (Å²) in [6, 6.07) is 9.14. The van der Waals surface area contributed by atoms with E-state index in [9.17, 15) is 15.0 Å². The van der Waals surface area contributed by atoms with Crippen LogP contribution in [0.5, 0.6) is 0 Å². The molecule has 0 saturated heterocycles. The number of aliphatic hydroxyl groups excluding tert-OH is 2. The molecule has 31 heavy (non-hydrogen) atoms. The molecule has 5 atom stereocenters. The second-order valence-electron chi connectivity index (χ2n) is 10.1. The van der Waals surface area contributed by atoms with E-state index in [1.807, 2.05) is 24.3 Å². The van der Waals surface area contributed by atoms with Crippen molar-refractivity contribution in [3.8, 4) is 0 Å². The van der Waals surface area contributed by atoms with Crippen LogP contribution in [0, 0.1) is 22.7 Å². The molecule has 1 aromatic carbocycles. The first-order valence-corrected chi connectivity index (χ1v) is 11.6. The Morgan fingerprint density at radius 1 is 1.23 bits per heavy atom. The van der Waals surface area contributed by atoms with Gasteiger partial charge in [0.25, 0.3) is 0 Å². The normalized spacial score (nSPS) is 33.6. The third-order valence-corrected chi connectivity index (χ3v) is 7.94. The van der Waals surface area contributed by atoms with E-state index in [4.69, 9.17) is 4.74 Å². The molecule has 2 fully saturated rings. The molecular weight excluding hydrogens is 388 g/mol. The summed E-state index contributed by atoms with van der Waals surface area (Å²) in [5, 5.41) is 19.6. The van der Waals surface area contributed by atoms with Crippen LogP contribution in [0.3, 0.4) is 0 Å². The molecule has 0 radical (unpaired) electrons. The monoisotopic (exact) mass is 426 g/mol.